The van der Waals surface area contributed by atoms with Crippen LogP contribution in [0, 0.1) is 11.8 Å². The quantitative estimate of drug-likeness (QED) is 0.549. The minimum absolute atomic E-state index is 0.146. The first-order valence-corrected chi connectivity index (χ1v) is 11.6. The zero-order valence-corrected chi connectivity index (χ0v) is 19.9. The van der Waals surface area contributed by atoms with Crippen LogP contribution in [0.2, 0.25) is 0 Å². The molecule has 3 rings (SSSR count). The van der Waals surface area contributed by atoms with Gasteiger partial charge in [-0.25, -0.2) is 9.59 Å². The van der Waals surface area contributed by atoms with Gasteiger partial charge in [0.1, 0.15) is 11.6 Å². The summed E-state index contributed by atoms with van der Waals surface area (Å²) in [6.45, 7) is 5.93. The van der Waals surface area contributed by atoms with E-state index in [0.717, 1.165) is 35.7 Å². The molecule has 3 N–H and O–H groups in total. The van der Waals surface area contributed by atoms with E-state index in [9.17, 15) is 14.4 Å². The van der Waals surface area contributed by atoms with Gasteiger partial charge in [-0.15, -0.1) is 0 Å². The second-order valence-electron chi connectivity index (χ2n) is 9.76. The molecule has 1 fully saturated rings. The Bertz CT molecular complexity index is 978. The summed E-state index contributed by atoms with van der Waals surface area (Å²) in [5.41, 5.74) is 1.38. The molecule has 3 atom stereocenters. The van der Waals surface area contributed by atoms with Crippen molar-refractivity contribution in [1.29, 1.82) is 0 Å². The Morgan fingerprint density at radius 2 is 1.94 bits per heavy atom. The van der Waals surface area contributed by atoms with Crippen molar-refractivity contribution in [1.82, 2.24) is 15.6 Å². The van der Waals surface area contributed by atoms with Crippen LogP contribution in [-0.2, 0) is 25.5 Å². The molecule has 8 nitrogen and oxygen atoms in total. The fourth-order valence-electron chi connectivity index (χ4n) is 4.40. The van der Waals surface area contributed by atoms with Gasteiger partial charge in [0, 0.05) is 36.0 Å². The van der Waals surface area contributed by atoms with E-state index in [1.807, 2.05) is 51.2 Å². The number of H-pyrrole nitrogens is 1. The minimum Gasteiger partial charge on any atom is -0.467 e. The predicted molar refractivity (Wildman–Crippen MR) is 126 cm³/mol. The third-order valence-corrected chi connectivity index (χ3v) is 5.99. The zero-order valence-electron chi connectivity index (χ0n) is 19.9. The largest absolute Gasteiger partial charge is 0.467 e. The van der Waals surface area contributed by atoms with E-state index in [2.05, 4.69) is 15.6 Å². The molecule has 33 heavy (non-hydrogen) atoms. The van der Waals surface area contributed by atoms with Gasteiger partial charge in [0.2, 0.25) is 5.91 Å². The normalized spacial score (nSPS) is 19.5. The van der Waals surface area contributed by atoms with E-state index in [-0.39, 0.29) is 17.7 Å². The van der Waals surface area contributed by atoms with Gasteiger partial charge in [0.15, 0.2) is 0 Å². The number of aromatic amines is 1. The lowest BCUT2D eigenvalue weighted by molar-refractivity contribution is -0.145. The fourth-order valence-corrected chi connectivity index (χ4v) is 4.40. The third kappa shape index (κ3) is 6.97. The number of hydrogen-bond acceptors (Lipinski definition) is 5. The monoisotopic (exact) mass is 457 g/mol. The van der Waals surface area contributed by atoms with Crippen molar-refractivity contribution >= 4 is 28.9 Å². The van der Waals surface area contributed by atoms with Crippen LogP contribution < -0.4 is 10.6 Å². The van der Waals surface area contributed by atoms with Crippen molar-refractivity contribution in [3.05, 3.63) is 36.0 Å². The summed E-state index contributed by atoms with van der Waals surface area (Å²) in [6.07, 6.45) is 5.01. The Hall–Kier alpha value is -3.03. The fraction of sp³-hybridized carbons (Fsp3) is 0.560. The summed E-state index contributed by atoms with van der Waals surface area (Å²) >= 11 is 0. The van der Waals surface area contributed by atoms with Crippen molar-refractivity contribution in [2.45, 2.75) is 64.5 Å². The first-order valence-electron chi connectivity index (χ1n) is 11.6. The maximum Gasteiger partial charge on any atom is 0.407 e. The Kier molecular flexibility index (Phi) is 8.00. The van der Waals surface area contributed by atoms with Gasteiger partial charge in [-0.1, -0.05) is 24.6 Å². The lowest BCUT2D eigenvalue weighted by Crippen LogP contribution is -2.46. The highest BCUT2D eigenvalue weighted by Crippen LogP contribution is 2.29. The van der Waals surface area contributed by atoms with Crippen molar-refractivity contribution in [3.8, 4) is 0 Å². The molecule has 180 valence electrons. The number of rotatable bonds is 7. The summed E-state index contributed by atoms with van der Waals surface area (Å²) in [5, 5.41) is 6.75. The number of fused-ring (bicyclic) bond motifs is 1. The van der Waals surface area contributed by atoms with E-state index in [1.54, 1.807) is 0 Å². The number of para-hydroxylation sites is 1. The minimum atomic E-state index is -0.762. The van der Waals surface area contributed by atoms with Crippen molar-refractivity contribution in [2.24, 2.45) is 11.8 Å². The number of ether oxygens (including phenoxy) is 2. The van der Waals surface area contributed by atoms with Crippen molar-refractivity contribution in [3.63, 3.8) is 0 Å². The number of carbonyl (C=O) groups excluding carboxylic acids is 3. The molecule has 0 aliphatic heterocycles. The highest BCUT2D eigenvalue weighted by molar-refractivity contribution is 5.88. The second kappa shape index (κ2) is 10.7. The molecule has 1 heterocycles. The van der Waals surface area contributed by atoms with Gasteiger partial charge < -0.3 is 25.1 Å². The Balaban J connectivity index is 1.58. The van der Waals surface area contributed by atoms with Crippen LogP contribution in [0.4, 0.5) is 4.79 Å². The number of carbonyl (C=O) groups is 3. The van der Waals surface area contributed by atoms with E-state index < -0.39 is 23.7 Å². The molecule has 1 aromatic carbocycles. The van der Waals surface area contributed by atoms with Crippen molar-refractivity contribution < 1.29 is 23.9 Å². The molecule has 1 aromatic heterocycles. The molecule has 0 spiro atoms. The molecule has 1 aliphatic carbocycles. The molecule has 8 heteroatoms. The van der Waals surface area contributed by atoms with Crippen LogP contribution in [0.1, 0.15) is 52.0 Å². The van der Waals surface area contributed by atoms with E-state index >= 15 is 0 Å². The highest BCUT2D eigenvalue weighted by atomic mass is 16.6. The van der Waals surface area contributed by atoms with Gasteiger partial charge in [-0.2, -0.15) is 0 Å². The topological polar surface area (TPSA) is 110 Å². The summed E-state index contributed by atoms with van der Waals surface area (Å²) in [7, 11) is 1.33. The molecular formula is C25H35N3O5. The Labute approximate surface area is 194 Å². The molecule has 0 bridgehead atoms. The van der Waals surface area contributed by atoms with Gasteiger partial charge in [-0.3, -0.25) is 4.79 Å². The average molecular weight is 458 g/mol. The van der Waals surface area contributed by atoms with Crippen LogP contribution in [0.15, 0.2) is 30.5 Å². The SMILES string of the molecule is COC(=O)C(Cc1c[nH]c2ccccc12)NC(=O)[C@@H]1CCC[C@H](CNC(=O)OC(C)(C)C)C1. The number of benzene rings is 1. The number of alkyl carbamates (subject to hydrolysis) is 1. The number of hydrogen-bond donors (Lipinski definition) is 3. The van der Waals surface area contributed by atoms with Crippen molar-refractivity contribution in [2.75, 3.05) is 13.7 Å². The third-order valence-electron chi connectivity index (χ3n) is 5.99. The number of amides is 2. The molecule has 2 aromatic rings. The molecule has 1 unspecified atom stereocenters. The highest BCUT2D eigenvalue weighted by Gasteiger charge is 2.31. The molecule has 2 amide bonds. The zero-order chi connectivity index (χ0) is 24.0. The lowest BCUT2D eigenvalue weighted by Gasteiger charge is -2.30. The maximum absolute atomic E-state index is 13.1. The molecule has 1 saturated carbocycles. The molecule has 0 radical (unpaired) electrons. The summed E-state index contributed by atoms with van der Waals surface area (Å²) in [6, 6.07) is 7.08. The molecular weight excluding hydrogens is 422 g/mol. The second-order valence-corrected chi connectivity index (χ2v) is 9.76. The van der Waals surface area contributed by atoms with Crippen LogP contribution >= 0.6 is 0 Å². The predicted octanol–water partition coefficient (Wildman–Crippen LogP) is 3.70. The number of aromatic nitrogens is 1. The van der Waals surface area contributed by atoms with Gasteiger partial charge in [-0.05, 0) is 57.6 Å². The molecule has 0 saturated heterocycles. The first kappa shape index (κ1) is 24.6. The van der Waals surface area contributed by atoms with Crippen LogP contribution in [0.3, 0.4) is 0 Å². The van der Waals surface area contributed by atoms with E-state index in [0.29, 0.717) is 19.4 Å². The van der Waals surface area contributed by atoms with Crippen LogP contribution in [0.25, 0.3) is 10.9 Å². The average Bonchev–Trinajstić information content (AvgIpc) is 3.18. The maximum atomic E-state index is 13.1. The summed E-state index contributed by atoms with van der Waals surface area (Å²) in [5.74, 6) is -0.633. The van der Waals surface area contributed by atoms with Crippen LogP contribution in [0.5, 0.6) is 0 Å². The van der Waals surface area contributed by atoms with Gasteiger partial charge in [0.05, 0.1) is 7.11 Å². The van der Waals surface area contributed by atoms with Gasteiger partial charge in [0.25, 0.3) is 0 Å². The Morgan fingerprint density at radius 1 is 1.18 bits per heavy atom. The number of nitrogens with one attached hydrogen (secondary N) is 3. The number of esters is 1. The lowest BCUT2D eigenvalue weighted by atomic mass is 9.80. The van der Waals surface area contributed by atoms with Gasteiger partial charge >= 0.3 is 12.1 Å². The standard InChI is InChI=1S/C25H35N3O5/c1-25(2,3)33-24(31)27-14-16-8-7-9-17(12-16)22(29)28-21(23(30)32-4)13-18-15-26-20-11-6-5-10-19(18)20/h5-6,10-11,15-17,21,26H,7-9,12-14H2,1-4H3,(H,27,31)(H,28,29)/t16-,17+,21?/m0/s1. The van der Waals surface area contributed by atoms with Crippen LogP contribution in [-0.4, -0.2) is 48.3 Å². The first-order chi connectivity index (χ1) is 15.7. The summed E-state index contributed by atoms with van der Waals surface area (Å²) < 4.78 is 10.3. The van der Waals surface area contributed by atoms with E-state index in [4.69, 9.17) is 9.47 Å². The number of methoxy groups -OCH3 is 1. The summed E-state index contributed by atoms with van der Waals surface area (Å²) in [4.78, 5) is 40.6. The van der Waals surface area contributed by atoms with E-state index in [1.165, 1.54) is 7.11 Å². The molecule has 1 aliphatic rings. The smallest absolute Gasteiger partial charge is 0.407 e. The Morgan fingerprint density at radius 3 is 2.67 bits per heavy atom.